The number of para-hydroxylation sites is 1. The van der Waals surface area contributed by atoms with E-state index in [9.17, 15) is 22.8 Å². The number of carbonyl (C=O) groups excluding carboxylic acids is 2. The van der Waals surface area contributed by atoms with Crippen LogP contribution in [0, 0.1) is 0 Å². The molecule has 2 N–H and O–H groups in total. The summed E-state index contributed by atoms with van der Waals surface area (Å²) < 4.78 is 44.6. The van der Waals surface area contributed by atoms with Crippen LogP contribution < -0.4 is 15.4 Å². The molecule has 0 spiro atoms. The Kier molecular flexibility index (Phi) is 7.27. The molecule has 0 radical (unpaired) electrons. The van der Waals surface area contributed by atoms with Gasteiger partial charge in [0, 0.05) is 5.69 Å². The van der Waals surface area contributed by atoms with E-state index in [1.165, 1.54) is 31.4 Å². The fourth-order valence-electron chi connectivity index (χ4n) is 1.90. The molecular weight excluding hydrogens is 377 g/mol. The van der Waals surface area contributed by atoms with Crippen LogP contribution in [-0.4, -0.2) is 25.5 Å². The zero-order chi connectivity index (χ0) is 18.4. The lowest BCUT2D eigenvalue weighted by Gasteiger charge is -2.12. The highest BCUT2D eigenvalue weighted by Gasteiger charge is 2.30. The van der Waals surface area contributed by atoms with Crippen LogP contribution in [0.4, 0.5) is 29.3 Å². The van der Waals surface area contributed by atoms with Crippen LogP contribution in [-0.2, 0) is 4.74 Å². The molecule has 0 heterocycles. The van der Waals surface area contributed by atoms with Crippen molar-refractivity contribution in [3.8, 4) is 5.75 Å². The van der Waals surface area contributed by atoms with Crippen molar-refractivity contribution in [1.29, 1.82) is 0 Å². The molecule has 0 aliphatic carbocycles. The van der Waals surface area contributed by atoms with Crippen molar-refractivity contribution >= 4 is 35.8 Å². The quantitative estimate of drug-likeness (QED) is 0.757. The zero-order valence-electron chi connectivity index (χ0n) is 13.3. The van der Waals surface area contributed by atoms with Crippen molar-refractivity contribution in [3.05, 3.63) is 54.1 Å². The van der Waals surface area contributed by atoms with Gasteiger partial charge in [0.1, 0.15) is 5.75 Å². The van der Waals surface area contributed by atoms with Gasteiger partial charge in [0.2, 0.25) is 0 Å². The van der Waals surface area contributed by atoms with Gasteiger partial charge in [-0.25, -0.2) is 9.59 Å². The molecule has 2 aromatic rings. The number of hydrogen-bond acceptors (Lipinski definition) is 4. The lowest BCUT2D eigenvalue weighted by molar-refractivity contribution is -0.274. The maximum Gasteiger partial charge on any atom is 0.573 e. The van der Waals surface area contributed by atoms with Gasteiger partial charge in [0.25, 0.3) is 0 Å². The number of amides is 2. The van der Waals surface area contributed by atoms with Gasteiger partial charge in [-0.3, -0.25) is 0 Å². The van der Waals surface area contributed by atoms with Gasteiger partial charge in [-0.2, -0.15) is 0 Å². The van der Waals surface area contributed by atoms with Crippen molar-refractivity contribution in [2.24, 2.45) is 0 Å². The topological polar surface area (TPSA) is 76.7 Å². The normalized spacial score (nSPS) is 10.3. The summed E-state index contributed by atoms with van der Waals surface area (Å²) in [5.41, 5.74) is 0.625. The van der Waals surface area contributed by atoms with E-state index in [0.717, 1.165) is 12.1 Å². The smallest absolute Gasteiger partial charge is 0.465 e. The molecule has 0 aliphatic heterocycles. The largest absolute Gasteiger partial charge is 0.573 e. The summed E-state index contributed by atoms with van der Waals surface area (Å²) in [6.45, 7) is 0. The van der Waals surface area contributed by atoms with Crippen molar-refractivity contribution in [1.82, 2.24) is 0 Å². The van der Waals surface area contributed by atoms with Gasteiger partial charge in [-0.05, 0) is 36.4 Å². The highest BCUT2D eigenvalue weighted by atomic mass is 35.5. The highest BCUT2D eigenvalue weighted by molar-refractivity contribution is 6.05. The predicted octanol–water partition coefficient (Wildman–Crippen LogP) is 4.44. The Balaban J connectivity index is 0.00000338. The average molecular weight is 391 g/mol. The number of alkyl halides is 3. The van der Waals surface area contributed by atoms with Gasteiger partial charge in [-0.15, -0.1) is 25.6 Å². The SMILES string of the molecule is COC(=O)c1ccccc1NC(=O)Nc1ccc(OC(F)(F)F)cc1.Cl. The summed E-state index contributed by atoms with van der Waals surface area (Å²) in [5, 5.41) is 4.89. The number of carbonyl (C=O) groups is 2. The van der Waals surface area contributed by atoms with E-state index in [1.54, 1.807) is 12.1 Å². The number of hydrogen-bond donors (Lipinski definition) is 2. The van der Waals surface area contributed by atoms with Crippen molar-refractivity contribution in [3.63, 3.8) is 0 Å². The molecule has 26 heavy (non-hydrogen) atoms. The number of methoxy groups -OCH3 is 1. The zero-order valence-corrected chi connectivity index (χ0v) is 14.1. The third-order valence-corrected chi connectivity index (χ3v) is 2.93. The summed E-state index contributed by atoms with van der Waals surface area (Å²) in [6.07, 6.45) is -4.79. The number of esters is 1. The number of halogens is 4. The van der Waals surface area contributed by atoms with E-state index in [-0.39, 0.29) is 29.3 Å². The molecular formula is C16H14ClF3N2O4. The number of urea groups is 1. The van der Waals surface area contributed by atoms with Crippen LogP contribution in [0.2, 0.25) is 0 Å². The first-order valence-corrected chi connectivity index (χ1v) is 6.89. The van der Waals surface area contributed by atoms with E-state index in [1.807, 2.05) is 0 Å². The molecule has 2 aromatic carbocycles. The van der Waals surface area contributed by atoms with E-state index >= 15 is 0 Å². The molecule has 10 heteroatoms. The van der Waals surface area contributed by atoms with Gasteiger partial charge in [0.15, 0.2) is 0 Å². The van der Waals surface area contributed by atoms with Gasteiger partial charge in [-0.1, -0.05) is 12.1 Å². The van der Waals surface area contributed by atoms with Gasteiger partial charge in [0.05, 0.1) is 18.4 Å². The molecule has 2 rings (SSSR count). The van der Waals surface area contributed by atoms with E-state index in [0.29, 0.717) is 0 Å². The molecule has 0 saturated heterocycles. The lowest BCUT2D eigenvalue weighted by atomic mass is 10.2. The minimum absolute atomic E-state index is 0. The number of ether oxygens (including phenoxy) is 2. The Morgan fingerprint density at radius 3 is 2.15 bits per heavy atom. The number of anilines is 2. The minimum atomic E-state index is -4.79. The van der Waals surface area contributed by atoms with Crippen molar-refractivity contribution in [2.75, 3.05) is 17.7 Å². The summed E-state index contributed by atoms with van der Waals surface area (Å²) in [5.74, 6) is -1.03. The Morgan fingerprint density at radius 1 is 0.962 bits per heavy atom. The van der Waals surface area contributed by atoms with Crippen LogP contribution >= 0.6 is 12.4 Å². The van der Waals surface area contributed by atoms with E-state index < -0.39 is 24.1 Å². The second kappa shape index (κ2) is 8.95. The third-order valence-electron chi connectivity index (χ3n) is 2.93. The summed E-state index contributed by atoms with van der Waals surface area (Å²) in [7, 11) is 1.21. The molecule has 140 valence electrons. The minimum Gasteiger partial charge on any atom is -0.465 e. The average Bonchev–Trinajstić information content (AvgIpc) is 2.55. The molecule has 0 bridgehead atoms. The van der Waals surface area contributed by atoms with E-state index in [4.69, 9.17) is 0 Å². The molecule has 0 aliphatic rings. The third kappa shape index (κ3) is 6.17. The van der Waals surface area contributed by atoms with Crippen LogP contribution in [0.5, 0.6) is 5.75 Å². The summed E-state index contributed by atoms with van der Waals surface area (Å²) >= 11 is 0. The maximum atomic E-state index is 12.1. The number of benzene rings is 2. The number of nitrogens with one attached hydrogen (secondary N) is 2. The summed E-state index contributed by atoms with van der Waals surface area (Å²) in [4.78, 5) is 23.6. The van der Waals surface area contributed by atoms with Crippen LogP contribution in [0.25, 0.3) is 0 Å². The monoisotopic (exact) mass is 390 g/mol. The molecule has 0 saturated carbocycles. The Labute approximate surface area is 152 Å². The molecule has 0 unspecified atom stereocenters. The standard InChI is InChI=1S/C16H13F3N2O4.ClH/c1-24-14(22)12-4-2-3-5-13(12)21-15(23)20-10-6-8-11(9-7-10)25-16(17,18)19;/h2-9H,1H3,(H2,20,21,23);1H. The van der Waals surface area contributed by atoms with E-state index in [2.05, 4.69) is 20.1 Å². The fourth-order valence-corrected chi connectivity index (χ4v) is 1.90. The Hall–Kier alpha value is -2.94. The van der Waals surface area contributed by atoms with Crippen LogP contribution in [0.1, 0.15) is 10.4 Å². The molecule has 0 atom stereocenters. The van der Waals surface area contributed by atoms with Crippen LogP contribution in [0.15, 0.2) is 48.5 Å². The Morgan fingerprint density at radius 2 is 1.58 bits per heavy atom. The van der Waals surface area contributed by atoms with Gasteiger partial charge < -0.3 is 20.1 Å². The predicted molar refractivity (Wildman–Crippen MR) is 90.8 cm³/mol. The van der Waals surface area contributed by atoms with Crippen molar-refractivity contribution in [2.45, 2.75) is 6.36 Å². The number of rotatable bonds is 4. The molecule has 2 amide bonds. The maximum absolute atomic E-state index is 12.1. The van der Waals surface area contributed by atoms with Gasteiger partial charge >= 0.3 is 18.4 Å². The Bertz CT molecular complexity index is 767. The summed E-state index contributed by atoms with van der Waals surface area (Å²) in [6, 6.07) is 10.1. The second-order valence-electron chi connectivity index (χ2n) is 4.69. The molecule has 0 aromatic heterocycles. The lowest BCUT2D eigenvalue weighted by Crippen LogP contribution is -2.21. The first kappa shape index (κ1) is 21.1. The first-order valence-electron chi connectivity index (χ1n) is 6.89. The first-order chi connectivity index (χ1) is 11.8. The van der Waals surface area contributed by atoms with Crippen molar-refractivity contribution < 1.29 is 32.2 Å². The molecule has 6 nitrogen and oxygen atoms in total. The highest BCUT2D eigenvalue weighted by Crippen LogP contribution is 2.24. The fraction of sp³-hybridized carbons (Fsp3) is 0.125. The second-order valence-corrected chi connectivity index (χ2v) is 4.69. The molecule has 0 fully saturated rings. The van der Waals surface area contributed by atoms with Crippen LogP contribution in [0.3, 0.4) is 0 Å².